The maximum Gasteiger partial charge on any atom is 0.120 e. The molecular formula is C12H18N2OS. The van der Waals surface area contributed by atoms with Crippen LogP contribution < -0.4 is 15.8 Å². The second-order valence-electron chi connectivity index (χ2n) is 3.97. The molecule has 1 saturated heterocycles. The molecule has 1 aliphatic rings. The van der Waals surface area contributed by atoms with Gasteiger partial charge in [0.1, 0.15) is 5.75 Å². The van der Waals surface area contributed by atoms with Gasteiger partial charge in [-0.2, -0.15) is 0 Å². The summed E-state index contributed by atoms with van der Waals surface area (Å²) in [6.45, 7) is 2.23. The summed E-state index contributed by atoms with van der Waals surface area (Å²) in [6.07, 6.45) is 2.42. The van der Waals surface area contributed by atoms with Crippen molar-refractivity contribution < 1.29 is 4.74 Å². The Labute approximate surface area is 101 Å². The maximum absolute atomic E-state index is 5.97. The number of ether oxygens (including phenoxy) is 1. The van der Waals surface area contributed by atoms with Crippen molar-refractivity contribution in [1.29, 1.82) is 0 Å². The van der Waals surface area contributed by atoms with Crippen LogP contribution >= 0.6 is 11.8 Å². The van der Waals surface area contributed by atoms with Gasteiger partial charge in [0.05, 0.1) is 7.11 Å². The van der Waals surface area contributed by atoms with Crippen LogP contribution in [-0.2, 0) is 0 Å². The van der Waals surface area contributed by atoms with E-state index < -0.39 is 0 Å². The minimum atomic E-state index is 0.677. The van der Waals surface area contributed by atoms with Crippen molar-refractivity contribution in [2.45, 2.75) is 23.0 Å². The Morgan fingerprint density at radius 3 is 2.81 bits per heavy atom. The van der Waals surface area contributed by atoms with Crippen molar-refractivity contribution in [3.8, 4) is 5.75 Å². The fourth-order valence-electron chi connectivity index (χ4n) is 1.84. The van der Waals surface area contributed by atoms with Gasteiger partial charge in [-0.3, -0.25) is 0 Å². The standard InChI is InChI=1S/C12H18N2OS/c1-15-9-2-3-11(13)12(8-9)16-10-4-6-14-7-5-10/h2-3,8,10,14H,4-7,13H2,1H3. The van der Waals surface area contributed by atoms with E-state index in [1.807, 2.05) is 30.0 Å². The van der Waals surface area contributed by atoms with Crippen LogP contribution in [0.4, 0.5) is 5.69 Å². The first-order valence-electron chi connectivity index (χ1n) is 5.60. The number of benzene rings is 1. The van der Waals surface area contributed by atoms with Gasteiger partial charge in [0.25, 0.3) is 0 Å². The summed E-state index contributed by atoms with van der Waals surface area (Å²) in [6, 6.07) is 5.85. The predicted octanol–water partition coefficient (Wildman–Crippen LogP) is 2.12. The fourth-order valence-corrected chi connectivity index (χ4v) is 3.06. The molecule has 0 saturated carbocycles. The number of nitrogen functional groups attached to an aromatic ring is 1. The molecule has 2 rings (SSSR count). The summed E-state index contributed by atoms with van der Waals surface area (Å²) in [5.74, 6) is 0.880. The molecule has 3 N–H and O–H groups in total. The average molecular weight is 238 g/mol. The topological polar surface area (TPSA) is 47.3 Å². The van der Waals surface area contributed by atoms with Crippen LogP contribution in [0.1, 0.15) is 12.8 Å². The van der Waals surface area contributed by atoms with Crippen molar-refractivity contribution in [1.82, 2.24) is 5.32 Å². The molecule has 0 aliphatic carbocycles. The molecule has 0 amide bonds. The summed E-state index contributed by atoms with van der Waals surface area (Å²) in [7, 11) is 1.69. The highest BCUT2D eigenvalue weighted by atomic mass is 32.2. The molecule has 4 heteroatoms. The number of hydrogen-bond donors (Lipinski definition) is 2. The predicted molar refractivity (Wildman–Crippen MR) is 69.2 cm³/mol. The van der Waals surface area contributed by atoms with Gasteiger partial charge < -0.3 is 15.8 Å². The Morgan fingerprint density at radius 1 is 1.38 bits per heavy atom. The van der Waals surface area contributed by atoms with Crippen molar-refractivity contribution in [3.05, 3.63) is 18.2 Å². The molecule has 0 bridgehead atoms. The van der Waals surface area contributed by atoms with Crippen molar-refractivity contribution in [3.63, 3.8) is 0 Å². The Morgan fingerprint density at radius 2 is 2.12 bits per heavy atom. The Hall–Kier alpha value is -0.870. The van der Waals surface area contributed by atoms with E-state index in [1.54, 1.807) is 7.11 Å². The monoisotopic (exact) mass is 238 g/mol. The normalized spacial score (nSPS) is 17.3. The van der Waals surface area contributed by atoms with E-state index in [0.29, 0.717) is 5.25 Å². The molecule has 0 spiro atoms. The van der Waals surface area contributed by atoms with Gasteiger partial charge in [-0.05, 0) is 44.1 Å². The lowest BCUT2D eigenvalue weighted by atomic mass is 10.2. The Kier molecular flexibility index (Phi) is 3.96. The number of piperidine rings is 1. The second-order valence-corrected chi connectivity index (χ2v) is 5.31. The lowest BCUT2D eigenvalue weighted by Gasteiger charge is -2.22. The molecule has 1 fully saturated rings. The number of nitrogens with one attached hydrogen (secondary N) is 1. The highest BCUT2D eigenvalue weighted by Crippen LogP contribution is 2.34. The third kappa shape index (κ3) is 2.83. The second kappa shape index (κ2) is 5.46. The van der Waals surface area contributed by atoms with Crippen LogP contribution in [-0.4, -0.2) is 25.4 Å². The van der Waals surface area contributed by atoms with E-state index in [2.05, 4.69) is 5.32 Å². The summed E-state index contributed by atoms with van der Waals surface area (Å²) in [4.78, 5) is 1.14. The molecule has 0 atom stereocenters. The van der Waals surface area contributed by atoms with E-state index in [1.165, 1.54) is 12.8 Å². The maximum atomic E-state index is 5.97. The number of rotatable bonds is 3. The zero-order chi connectivity index (χ0) is 11.4. The summed E-state index contributed by atoms with van der Waals surface area (Å²) in [5, 5.41) is 4.04. The smallest absolute Gasteiger partial charge is 0.120 e. The van der Waals surface area contributed by atoms with Gasteiger partial charge >= 0.3 is 0 Å². The molecule has 0 aromatic heterocycles. The Bertz CT molecular complexity index is 351. The van der Waals surface area contributed by atoms with Crippen LogP contribution in [0.3, 0.4) is 0 Å². The lowest BCUT2D eigenvalue weighted by Crippen LogP contribution is -2.29. The van der Waals surface area contributed by atoms with Crippen molar-refractivity contribution in [2.75, 3.05) is 25.9 Å². The first-order valence-corrected chi connectivity index (χ1v) is 6.48. The molecule has 1 heterocycles. The molecule has 1 aromatic carbocycles. The zero-order valence-electron chi connectivity index (χ0n) is 9.53. The number of methoxy groups -OCH3 is 1. The van der Waals surface area contributed by atoms with Gasteiger partial charge in [-0.25, -0.2) is 0 Å². The van der Waals surface area contributed by atoms with Gasteiger partial charge in [0, 0.05) is 15.8 Å². The van der Waals surface area contributed by atoms with E-state index in [9.17, 15) is 0 Å². The Balaban J connectivity index is 2.06. The first kappa shape index (κ1) is 11.6. The van der Waals surface area contributed by atoms with Crippen molar-refractivity contribution >= 4 is 17.4 Å². The molecule has 3 nitrogen and oxygen atoms in total. The van der Waals surface area contributed by atoms with Crippen LogP contribution in [0, 0.1) is 0 Å². The largest absolute Gasteiger partial charge is 0.497 e. The highest BCUT2D eigenvalue weighted by molar-refractivity contribution is 8.00. The first-order chi connectivity index (χ1) is 7.79. The highest BCUT2D eigenvalue weighted by Gasteiger charge is 2.15. The van der Waals surface area contributed by atoms with Gasteiger partial charge in [0.2, 0.25) is 0 Å². The fraction of sp³-hybridized carbons (Fsp3) is 0.500. The minimum Gasteiger partial charge on any atom is -0.497 e. The quantitative estimate of drug-likeness (QED) is 0.792. The van der Waals surface area contributed by atoms with Crippen LogP contribution in [0.2, 0.25) is 0 Å². The van der Waals surface area contributed by atoms with Gasteiger partial charge in [-0.1, -0.05) is 0 Å². The summed E-state index contributed by atoms with van der Waals surface area (Å²) >= 11 is 1.88. The SMILES string of the molecule is COc1ccc(N)c(SC2CCNCC2)c1. The van der Waals surface area contributed by atoms with Crippen LogP contribution in [0.15, 0.2) is 23.1 Å². The third-order valence-electron chi connectivity index (χ3n) is 2.80. The lowest BCUT2D eigenvalue weighted by molar-refractivity contribution is 0.414. The molecule has 0 radical (unpaired) electrons. The number of nitrogens with two attached hydrogens (primary N) is 1. The number of thioether (sulfide) groups is 1. The molecule has 88 valence electrons. The van der Waals surface area contributed by atoms with E-state index in [0.717, 1.165) is 29.4 Å². The molecule has 1 aliphatic heterocycles. The van der Waals surface area contributed by atoms with E-state index in [-0.39, 0.29) is 0 Å². The van der Waals surface area contributed by atoms with Gasteiger partial charge in [-0.15, -0.1) is 11.8 Å². The third-order valence-corrected chi connectivity index (χ3v) is 4.21. The average Bonchev–Trinajstić information content (AvgIpc) is 2.33. The van der Waals surface area contributed by atoms with Crippen LogP contribution in [0.25, 0.3) is 0 Å². The van der Waals surface area contributed by atoms with Gasteiger partial charge in [0.15, 0.2) is 0 Å². The summed E-state index contributed by atoms with van der Waals surface area (Å²) in [5.41, 5.74) is 6.82. The zero-order valence-corrected chi connectivity index (χ0v) is 10.3. The molecular weight excluding hydrogens is 220 g/mol. The molecule has 1 aromatic rings. The molecule has 16 heavy (non-hydrogen) atoms. The van der Waals surface area contributed by atoms with Crippen molar-refractivity contribution in [2.24, 2.45) is 0 Å². The molecule has 0 unspecified atom stereocenters. The van der Waals surface area contributed by atoms with E-state index in [4.69, 9.17) is 10.5 Å². The number of hydrogen-bond acceptors (Lipinski definition) is 4. The minimum absolute atomic E-state index is 0.677. The van der Waals surface area contributed by atoms with Crippen LogP contribution in [0.5, 0.6) is 5.75 Å². The van der Waals surface area contributed by atoms with E-state index >= 15 is 0 Å². The summed E-state index contributed by atoms with van der Waals surface area (Å²) < 4.78 is 5.22. The number of anilines is 1.